The van der Waals surface area contributed by atoms with Crippen molar-refractivity contribution in [3.8, 4) is 5.75 Å². The lowest BCUT2D eigenvalue weighted by atomic mass is 10.1. The Bertz CT molecular complexity index is 420. The Morgan fingerprint density at radius 3 is 2.57 bits per heavy atom. The minimum Gasteiger partial charge on any atom is -0.508 e. The Labute approximate surface area is 81.0 Å². The van der Waals surface area contributed by atoms with Crippen molar-refractivity contribution in [1.29, 1.82) is 0 Å². The molecule has 2 rings (SSSR count). The molecule has 0 aliphatic carbocycles. The summed E-state index contributed by atoms with van der Waals surface area (Å²) in [5.41, 5.74) is 6.45. The molecular formula is C10H10N2O2. The lowest BCUT2D eigenvalue weighted by Gasteiger charge is -1.96. The number of phenolic OH excluding ortho intramolecular Hbond substituents is 1. The van der Waals surface area contributed by atoms with Gasteiger partial charge in [0.05, 0.1) is 0 Å². The van der Waals surface area contributed by atoms with Crippen molar-refractivity contribution in [2.45, 2.75) is 6.42 Å². The quantitative estimate of drug-likeness (QED) is 0.753. The molecule has 3 N–H and O–H groups in total. The molecule has 4 heteroatoms. The van der Waals surface area contributed by atoms with Crippen molar-refractivity contribution >= 4 is 5.82 Å². The Hall–Kier alpha value is -1.97. The van der Waals surface area contributed by atoms with Crippen molar-refractivity contribution in [3.63, 3.8) is 0 Å². The monoisotopic (exact) mass is 190 g/mol. The topological polar surface area (TPSA) is 72.3 Å². The molecule has 0 saturated carbocycles. The molecule has 1 aromatic carbocycles. The molecular weight excluding hydrogens is 180 g/mol. The molecule has 14 heavy (non-hydrogen) atoms. The highest BCUT2D eigenvalue weighted by atomic mass is 16.5. The maximum atomic E-state index is 9.07. The highest BCUT2D eigenvalue weighted by Gasteiger charge is 2.02. The van der Waals surface area contributed by atoms with Gasteiger partial charge in [0.15, 0.2) is 5.82 Å². The van der Waals surface area contributed by atoms with E-state index in [-0.39, 0.29) is 5.75 Å². The van der Waals surface area contributed by atoms with E-state index in [1.54, 1.807) is 18.2 Å². The van der Waals surface area contributed by atoms with Crippen LogP contribution in [0, 0.1) is 0 Å². The zero-order valence-corrected chi connectivity index (χ0v) is 7.47. The van der Waals surface area contributed by atoms with Crippen LogP contribution in [0.4, 0.5) is 5.82 Å². The fourth-order valence-corrected chi connectivity index (χ4v) is 1.23. The van der Waals surface area contributed by atoms with Crippen molar-refractivity contribution in [1.82, 2.24) is 5.16 Å². The highest BCUT2D eigenvalue weighted by Crippen LogP contribution is 2.14. The number of aromatic hydroxyl groups is 1. The van der Waals surface area contributed by atoms with Crippen LogP contribution in [0.5, 0.6) is 5.75 Å². The average Bonchev–Trinajstić information content (AvgIpc) is 2.56. The normalized spacial score (nSPS) is 10.3. The number of benzene rings is 1. The van der Waals surface area contributed by atoms with Gasteiger partial charge in [0, 0.05) is 12.5 Å². The van der Waals surface area contributed by atoms with E-state index in [1.165, 1.54) is 0 Å². The van der Waals surface area contributed by atoms with Gasteiger partial charge in [0.2, 0.25) is 0 Å². The Kier molecular flexibility index (Phi) is 2.10. The van der Waals surface area contributed by atoms with E-state index in [2.05, 4.69) is 5.16 Å². The summed E-state index contributed by atoms with van der Waals surface area (Å²) >= 11 is 0. The minimum absolute atomic E-state index is 0.255. The zero-order valence-electron chi connectivity index (χ0n) is 7.47. The third-order valence-electron chi connectivity index (χ3n) is 1.89. The smallest absolute Gasteiger partial charge is 0.167 e. The number of rotatable bonds is 2. The fraction of sp³-hybridized carbons (Fsp3) is 0.100. The zero-order chi connectivity index (χ0) is 9.97. The van der Waals surface area contributed by atoms with Crippen LogP contribution in [0.2, 0.25) is 0 Å². The molecule has 0 bridgehead atoms. The van der Waals surface area contributed by atoms with Gasteiger partial charge in [-0.2, -0.15) is 0 Å². The van der Waals surface area contributed by atoms with Gasteiger partial charge in [-0.25, -0.2) is 0 Å². The summed E-state index contributed by atoms with van der Waals surface area (Å²) in [6.07, 6.45) is 0.629. The number of hydrogen-bond donors (Lipinski definition) is 2. The molecule has 0 unspecified atom stereocenters. The number of nitrogens with two attached hydrogens (primary N) is 1. The van der Waals surface area contributed by atoms with Crippen LogP contribution in [0.15, 0.2) is 34.9 Å². The molecule has 0 atom stereocenters. The number of phenols is 1. The molecule has 2 aromatic rings. The van der Waals surface area contributed by atoms with E-state index >= 15 is 0 Å². The summed E-state index contributed by atoms with van der Waals surface area (Å²) in [4.78, 5) is 0. The lowest BCUT2D eigenvalue weighted by molar-refractivity contribution is 0.392. The predicted molar refractivity (Wildman–Crippen MR) is 51.8 cm³/mol. The fourth-order valence-electron chi connectivity index (χ4n) is 1.23. The van der Waals surface area contributed by atoms with Crippen LogP contribution in [0.1, 0.15) is 11.3 Å². The van der Waals surface area contributed by atoms with E-state index in [0.717, 1.165) is 5.56 Å². The molecule has 1 heterocycles. The maximum absolute atomic E-state index is 9.07. The van der Waals surface area contributed by atoms with Gasteiger partial charge < -0.3 is 15.4 Å². The molecule has 0 spiro atoms. The summed E-state index contributed by atoms with van der Waals surface area (Å²) in [6, 6.07) is 8.61. The highest BCUT2D eigenvalue weighted by molar-refractivity contribution is 5.32. The lowest BCUT2D eigenvalue weighted by Crippen LogP contribution is -1.84. The van der Waals surface area contributed by atoms with Crippen molar-refractivity contribution in [2.24, 2.45) is 0 Å². The van der Waals surface area contributed by atoms with Gasteiger partial charge in [-0.05, 0) is 17.7 Å². The molecule has 0 saturated heterocycles. The standard InChI is InChI=1S/C10H10N2O2/c11-10-6-9(14-12-10)5-7-1-3-8(13)4-2-7/h1-4,6,13H,5H2,(H2,11,12). The number of nitrogen functional groups attached to an aromatic ring is 1. The molecule has 0 amide bonds. The van der Waals surface area contributed by atoms with E-state index in [9.17, 15) is 0 Å². The maximum Gasteiger partial charge on any atom is 0.167 e. The van der Waals surface area contributed by atoms with E-state index in [4.69, 9.17) is 15.4 Å². The molecule has 1 aromatic heterocycles. The minimum atomic E-state index is 0.255. The van der Waals surface area contributed by atoms with E-state index < -0.39 is 0 Å². The Balaban J connectivity index is 2.15. The number of aromatic nitrogens is 1. The van der Waals surface area contributed by atoms with Crippen LogP contribution < -0.4 is 5.73 Å². The third kappa shape index (κ3) is 1.85. The first-order chi connectivity index (χ1) is 6.74. The van der Waals surface area contributed by atoms with Gasteiger partial charge in [-0.1, -0.05) is 17.3 Å². The summed E-state index contributed by atoms with van der Waals surface area (Å²) in [5, 5.41) is 12.7. The Morgan fingerprint density at radius 2 is 2.00 bits per heavy atom. The van der Waals surface area contributed by atoms with Crippen LogP contribution in [-0.4, -0.2) is 10.3 Å². The molecule has 0 radical (unpaired) electrons. The average molecular weight is 190 g/mol. The number of nitrogens with zero attached hydrogens (tertiary/aromatic N) is 1. The third-order valence-corrected chi connectivity index (χ3v) is 1.89. The molecule has 4 nitrogen and oxygen atoms in total. The van der Waals surface area contributed by atoms with Crippen LogP contribution >= 0.6 is 0 Å². The van der Waals surface area contributed by atoms with Crippen molar-refractivity contribution in [2.75, 3.05) is 5.73 Å². The summed E-state index contributed by atoms with van der Waals surface area (Å²) in [5.74, 6) is 1.36. The molecule has 0 aliphatic rings. The van der Waals surface area contributed by atoms with Crippen LogP contribution in [-0.2, 0) is 6.42 Å². The second-order valence-electron chi connectivity index (χ2n) is 3.06. The van der Waals surface area contributed by atoms with Gasteiger partial charge in [0.25, 0.3) is 0 Å². The summed E-state index contributed by atoms with van der Waals surface area (Å²) in [6.45, 7) is 0. The van der Waals surface area contributed by atoms with Gasteiger partial charge >= 0.3 is 0 Å². The van der Waals surface area contributed by atoms with Gasteiger partial charge in [-0.15, -0.1) is 0 Å². The second-order valence-corrected chi connectivity index (χ2v) is 3.06. The first-order valence-corrected chi connectivity index (χ1v) is 4.23. The predicted octanol–water partition coefficient (Wildman–Crippen LogP) is 1.55. The van der Waals surface area contributed by atoms with Crippen molar-refractivity contribution in [3.05, 3.63) is 41.7 Å². The van der Waals surface area contributed by atoms with Crippen LogP contribution in [0.3, 0.4) is 0 Å². The first kappa shape index (κ1) is 8.62. The number of anilines is 1. The van der Waals surface area contributed by atoms with Crippen LogP contribution in [0.25, 0.3) is 0 Å². The molecule has 0 fully saturated rings. The summed E-state index contributed by atoms with van der Waals surface area (Å²) < 4.78 is 4.96. The number of hydrogen-bond acceptors (Lipinski definition) is 4. The van der Waals surface area contributed by atoms with E-state index in [1.807, 2.05) is 12.1 Å². The first-order valence-electron chi connectivity index (χ1n) is 4.23. The van der Waals surface area contributed by atoms with Gasteiger partial charge in [-0.3, -0.25) is 0 Å². The van der Waals surface area contributed by atoms with Crippen molar-refractivity contribution < 1.29 is 9.63 Å². The summed E-state index contributed by atoms with van der Waals surface area (Å²) in [7, 11) is 0. The molecule has 0 aliphatic heterocycles. The molecule has 72 valence electrons. The second kappa shape index (κ2) is 3.41. The Morgan fingerprint density at radius 1 is 1.29 bits per heavy atom. The largest absolute Gasteiger partial charge is 0.508 e. The van der Waals surface area contributed by atoms with E-state index in [0.29, 0.717) is 18.0 Å². The van der Waals surface area contributed by atoms with Gasteiger partial charge in [0.1, 0.15) is 11.5 Å². The SMILES string of the molecule is Nc1cc(Cc2ccc(O)cc2)on1.